The molecule has 94 valence electrons. The van der Waals surface area contributed by atoms with Gasteiger partial charge in [0.1, 0.15) is 5.75 Å². The number of ether oxygens (including phenoxy) is 1. The molecule has 1 aromatic carbocycles. The molecule has 0 heterocycles. The SMILES string of the molecule is CN(C)C(=O)CCCOc1ccc(CO)cc1. The van der Waals surface area contributed by atoms with Crippen LogP contribution in [0.2, 0.25) is 0 Å². The number of nitrogens with zero attached hydrogens (tertiary/aromatic N) is 1. The van der Waals surface area contributed by atoms with E-state index in [4.69, 9.17) is 9.84 Å². The molecule has 0 aromatic heterocycles. The number of aliphatic hydroxyl groups excluding tert-OH is 1. The van der Waals surface area contributed by atoms with Crippen molar-refractivity contribution in [2.24, 2.45) is 0 Å². The maximum atomic E-state index is 11.3. The van der Waals surface area contributed by atoms with Crippen LogP contribution in [0.1, 0.15) is 18.4 Å². The van der Waals surface area contributed by atoms with Crippen molar-refractivity contribution in [2.75, 3.05) is 20.7 Å². The standard InChI is InChI=1S/C13H19NO3/c1-14(2)13(16)4-3-9-17-12-7-5-11(10-15)6-8-12/h5-8,15H,3-4,9-10H2,1-2H3. The first-order valence-corrected chi connectivity index (χ1v) is 5.66. The van der Waals surface area contributed by atoms with Gasteiger partial charge in [0.2, 0.25) is 5.91 Å². The number of amides is 1. The van der Waals surface area contributed by atoms with E-state index in [9.17, 15) is 4.79 Å². The van der Waals surface area contributed by atoms with Crippen molar-refractivity contribution >= 4 is 5.91 Å². The van der Waals surface area contributed by atoms with Crippen LogP contribution in [0.5, 0.6) is 5.75 Å². The molecule has 0 spiro atoms. The molecule has 0 saturated heterocycles. The number of aliphatic hydroxyl groups is 1. The molecular formula is C13H19NO3. The highest BCUT2D eigenvalue weighted by Gasteiger charge is 2.03. The third-order valence-electron chi connectivity index (χ3n) is 2.41. The zero-order chi connectivity index (χ0) is 12.7. The molecule has 1 rings (SSSR count). The summed E-state index contributed by atoms with van der Waals surface area (Å²) in [6, 6.07) is 7.28. The molecule has 4 nitrogen and oxygen atoms in total. The summed E-state index contributed by atoms with van der Waals surface area (Å²) in [5.74, 6) is 0.878. The van der Waals surface area contributed by atoms with Gasteiger partial charge >= 0.3 is 0 Å². The number of rotatable bonds is 6. The van der Waals surface area contributed by atoms with E-state index in [-0.39, 0.29) is 12.5 Å². The molecule has 17 heavy (non-hydrogen) atoms. The van der Waals surface area contributed by atoms with Gasteiger partial charge in [-0.15, -0.1) is 0 Å². The Morgan fingerprint density at radius 1 is 1.29 bits per heavy atom. The minimum absolute atomic E-state index is 0.0393. The smallest absolute Gasteiger partial charge is 0.222 e. The van der Waals surface area contributed by atoms with Crippen molar-refractivity contribution < 1.29 is 14.6 Å². The van der Waals surface area contributed by atoms with E-state index in [1.807, 2.05) is 24.3 Å². The second kappa shape index (κ2) is 6.91. The Labute approximate surface area is 102 Å². The lowest BCUT2D eigenvalue weighted by Crippen LogP contribution is -2.21. The fraction of sp³-hybridized carbons (Fsp3) is 0.462. The van der Waals surface area contributed by atoms with Crippen LogP contribution in [-0.4, -0.2) is 36.6 Å². The highest BCUT2D eigenvalue weighted by Crippen LogP contribution is 2.12. The molecule has 0 saturated carbocycles. The summed E-state index contributed by atoms with van der Waals surface area (Å²) in [4.78, 5) is 12.9. The first-order chi connectivity index (χ1) is 8.13. The van der Waals surface area contributed by atoms with Crippen molar-refractivity contribution in [3.63, 3.8) is 0 Å². The number of hydrogen-bond acceptors (Lipinski definition) is 3. The van der Waals surface area contributed by atoms with E-state index in [1.54, 1.807) is 19.0 Å². The van der Waals surface area contributed by atoms with E-state index in [0.717, 1.165) is 11.3 Å². The van der Waals surface area contributed by atoms with Crippen LogP contribution >= 0.6 is 0 Å². The lowest BCUT2D eigenvalue weighted by Gasteiger charge is -2.10. The topological polar surface area (TPSA) is 49.8 Å². The molecule has 0 unspecified atom stereocenters. The fourth-order valence-electron chi connectivity index (χ4n) is 1.33. The lowest BCUT2D eigenvalue weighted by molar-refractivity contribution is -0.128. The van der Waals surface area contributed by atoms with E-state index in [0.29, 0.717) is 19.4 Å². The van der Waals surface area contributed by atoms with Crippen molar-refractivity contribution in [3.05, 3.63) is 29.8 Å². The molecule has 1 N–H and O–H groups in total. The first-order valence-electron chi connectivity index (χ1n) is 5.66. The number of hydrogen-bond donors (Lipinski definition) is 1. The van der Waals surface area contributed by atoms with Crippen molar-refractivity contribution in [3.8, 4) is 5.75 Å². The minimum Gasteiger partial charge on any atom is -0.494 e. The average Bonchev–Trinajstić information content (AvgIpc) is 2.35. The van der Waals surface area contributed by atoms with Gasteiger partial charge in [-0.25, -0.2) is 0 Å². The molecule has 0 radical (unpaired) electrons. The van der Waals surface area contributed by atoms with Gasteiger partial charge in [0.05, 0.1) is 13.2 Å². The zero-order valence-corrected chi connectivity index (χ0v) is 10.3. The van der Waals surface area contributed by atoms with Crippen molar-refractivity contribution in [1.82, 2.24) is 4.90 Å². The van der Waals surface area contributed by atoms with Gasteiger partial charge in [0, 0.05) is 20.5 Å². The number of carbonyl (C=O) groups excluding carboxylic acids is 1. The van der Waals surface area contributed by atoms with E-state index < -0.39 is 0 Å². The van der Waals surface area contributed by atoms with E-state index in [2.05, 4.69) is 0 Å². The summed E-state index contributed by atoms with van der Waals surface area (Å²) in [6.07, 6.45) is 1.21. The monoisotopic (exact) mass is 237 g/mol. The van der Waals surface area contributed by atoms with Gasteiger partial charge in [-0.2, -0.15) is 0 Å². The summed E-state index contributed by atoms with van der Waals surface area (Å²) in [7, 11) is 3.49. The quantitative estimate of drug-likeness (QED) is 0.761. The van der Waals surface area contributed by atoms with E-state index in [1.165, 1.54) is 0 Å². The van der Waals surface area contributed by atoms with Gasteiger partial charge < -0.3 is 14.7 Å². The Hall–Kier alpha value is -1.55. The maximum Gasteiger partial charge on any atom is 0.222 e. The highest BCUT2D eigenvalue weighted by molar-refractivity contribution is 5.75. The van der Waals surface area contributed by atoms with Gasteiger partial charge in [0.15, 0.2) is 0 Å². The highest BCUT2D eigenvalue weighted by atomic mass is 16.5. The Balaban J connectivity index is 2.24. The van der Waals surface area contributed by atoms with Gasteiger partial charge in [-0.05, 0) is 24.1 Å². The molecule has 4 heteroatoms. The lowest BCUT2D eigenvalue weighted by atomic mass is 10.2. The molecule has 0 bridgehead atoms. The maximum absolute atomic E-state index is 11.3. The van der Waals surface area contributed by atoms with Crippen LogP contribution in [0.25, 0.3) is 0 Å². The molecule has 0 aliphatic carbocycles. The predicted molar refractivity (Wildman–Crippen MR) is 65.8 cm³/mol. The summed E-state index contributed by atoms with van der Waals surface area (Å²) in [5.41, 5.74) is 0.861. The molecular weight excluding hydrogens is 218 g/mol. The Bertz CT molecular complexity index is 346. The second-order valence-corrected chi connectivity index (χ2v) is 4.04. The van der Waals surface area contributed by atoms with Crippen LogP contribution in [0.15, 0.2) is 24.3 Å². The van der Waals surface area contributed by atoms with Gasteiger partial charge in [-0.1, -0.05) is 12.1 Å². The number of carbonyl (C=O) groups is 1. The normalized spacial score (nSPS) is 10.1. The third kappa shape index (κ3) is 4.87. The van der Waals surface area contributed by atoms with Crippen molar-refractivity contribution in [2.45, 2.75) is 19.4 Å². The summed E-state index contributed by atoms with van der Waals surface area (Å²) in [6.45, 7) is 0.565. The average molecular weight is 237 g/mol. The predicted octanol–water partition coefficient (Wildman–Crippen LogP) is 1.43. The Morgan fingerprint density at radius 2 is 1.94 bits per heavy atom. The molecule has 1 aromatic rings. The summed E-state index contributed by atoms with van der Waals surface area (Å²) < 4.78 is 5.48. The van der Waals surface area contributed by atoms with Crippen LogP contribution in [0.3, 0.4) is 0 Å². The molecule has 0 fully saturated rings. The largest absolute Gasteiger partial charge is 0.494 e. The van der Waals surface area contributed by atoms with Gasteiger partial charge in [0.25, 0.3) is 0 Å². The van der Waals surface area contributed by atoms with Crippen LogP contribution in [0.4, 0.5) is 0 Å². The van der Waals surface area contributed by atoms with Crippen molar-refractivity contribution in [1.29, 1.82) is 0 Å². The molecule has 0 atom stereocenters. The minimum atomic E-state index is 0.0393. The number of benzene rings is 1. The Kier molecular flexibility index (Phi) is 5.49. The van der Waals surface area contributed by atoms with Crippen LogP contribution in [0, 0.1) is 0 Å². The Morgan fingerprint density at radius 3 is 2.47 bits per heavy atom. The van der Waals surface area contributed by atoms with Gasteiger partial charge in [-0.3, -0.25) is 4.79 Å². The molecule has 0 aliphatic heterocycles. The summed E-state index contributed by atoms with van der Waals surface area (Å²) in [5, 5.41) is 8.87. The molecule has 0 aliphatic rings. The second-order valence-electron chi connectivity index (χ2n) is 4.04. The third-order valence-corrected chi connectivity index (χ3v) is 2.41. The van der Waals surface area contributed by atoms with E-state index >= 15 is 0 Å². The summed E-state index contributed by atoms with van der Waals surface area (Å²) >= 11 is 0. The fourth-order valence-corrected chi connectivity index (χ4v) is 1.33. The van der Waals surface area contributed by atoms with Crippen LogP contribution in [-0.2, 0) is 11.4 Å². The van der Waals surface area contributed by atoms with Crippen LogP contribution < -0.4 is 4.74 Å². The molecule has 1 amide bonds. The zero-order valence-electron chi connectivity index (χ0n) is 10.3. The first kappa shape index (κ1) is 13.5.